The molecule has 0 aliphatic carbocycles. The lowest BCUT2D eigenvalue weighted by atomic mass is 10.1. The van der Waals surface area contributed by atoms with E-state index < -0.39 is 0 Å². The number of aromatic nitrogens is 1. The lowest BCUT2D eigenvalue weighted by Gasteiger charge is -2.26. The first-order valence-electron chi connectivity index (χ1n) is 6.20. The minimum atomic E-state index is 0.0509. The van der Waals surface area contributed by atoms with Crippen molar-refractivity contribution >= 4 is 5.91 Å². The first kappa shape index (κ1) is 11.9. The molecule has 1 saturated heterocycles. The molecule has 19 heavy (non-hydrogen) atoms. The molecule has 98 valence electrons. The Morgan fingerprint density at radius 1 is 1.16 bits per heavy atom. The normalized spacial score (nSPS) is 15.5. The molecule has 2 aromatic rings. The summed E-state index contributed by atoms with van der Waals surface area (Å²) in [5.74, 6) is 0.0509. The fourth-order valence-corrected chi connectivity index (χ4v) is 2.09. The van der Waals surface area contributed by atoms with Crippen molar-refractivity contribution in [1.82, 2.24) is 9.88 Å². The third-order valence-electron chi connectivity index (χ3n) is 3.16. The number of carbonyl (C=O) groups is 1. The molecule has 0 radical (unpaired) electrons. The van der Waals surface area contributed by atoms with Crippen molar-refractivity contribution < 1.29 is 13.9 Å². The molecule has 1 amide bonds. The van der Waals surface area contributed by atoms with E-state index in [0.717, 1.165) is 11.3 Å². The Bertz CT molecular complexity index is 543. The third kappa shape index (κ3) is 2.51. The Morgan fingerprint density at radius 3 is 2.53 bits per heavy atom. The van der Waals surface area contributed by atoms with E-state index in [9.17, 15) is 4.79 Å². The van der Waals surface area contributed by atoms with Crippen molar-refractivity contribution in [2.75, 3.05) is 26.3 Å². The number of rotatable bonds is 2. The third-order valence-corrected chi connectivity index (χ3v) is 3.16. The molecule has 0 bridgehead atoms. The molecule has 1 aromatic heterocycles. The van der Waals surface area contributed by atoms with E-state index in [2.05, 4.69) is 4.98 Å². The van der Waals surface area contributed by atoms with Crippen LogP contribution in [0.4, 0.5) is 0 Å². The predicted molar refractivity (Wildman–Crippen MR) is 68.7 cm³/mol. The lowest BCUT2D eigenvalue weighted by Crippen LogP contribution is -2.40. The highest BCUT2D eigenvalue weighted by Crippen LogP contribution is 2.18. The summed E-state index contributed by atoms with van der Waals surface area (Å²) in [6.07, 6.45) is 2.97. The van der Waals surface area contributed by atoms with Crippen LogP contribution in [0.1, 0.15) is 10.4 Å². The van der Waals surface area contributed by atoms with Crippen LogP contribution < -0.4 is 0 Å². The molecule has 0 unspecified atom stereocenters. The minimum Gasteiger partial charge on any atom is -0.451 e. The van der Waals surface area contributed by atoms with E-state index in [1.165, 1.54) is 6.39 Å². The summed E-state index contributed by atoms with van der Waals surface area (Å²) < 4.78 is 10.2. The van der Waals surface area contributed by atoms with Gasteiger partial charge in [0.15, 0.2) is 6.39 Å². The highest BCUT2D eigenvalue weighted by molar-refractivity contribution is 5.94. The fraction of sp³-hybridized carbons (Fsp3) is 0.286. The number of amides is 1. The molecule has 2 heterocycles. The summed E-state index contributed by atoms with van der Waals surface area (Å²) in [6.45, 7) is 2.54. The number of hydrogen-bond donors (Lipinski definition) is 0. The fourth-order valence-electron chi connectivity index (χ4n) is 2.09. The molecular weight excluding hydrogens is 244 g/mol. The first-order chi connectivity index (χ1) is 9.34. The maximum atomic E-state index is 12.2. The molecule has 1 aliphatic rings. The lowest BCUT2D eigenvalue weighted by molar-refractivity contribution is 0.0303. The zero-order valence-corrected chi connectivity index (χ0v) is 10.4. The van der Waals surface area contributed by atoms with Crippen LogP contribution in [0.2, 0.25) is 0 Å². The average molecular weight is 258 g/mol. The van der Waals surface area contributed by atoms with E-state index in [1.807, 2.05) is 29.2 Å². The summed E-state index contributed by atoms with van der Waals surface area (Å²) in [5.41, 5.74) is 2.40. The number of benzene rings is 1. The van der Waals surface area contributed by atoms with Gasteiger partial charge < -0.3 is 14.1 Å². The quantitative estimate of drug-likeness (QED) is 0.824. The summed E-state index contributed by atoms with van der Waals surface area (Å²) in [6, 6.07) is 7.40. The SMILES string of the molecule is O=C(c1ccc(-c2cocn2)cc1)N1CCOCC1. The maximum absolute atomic E-state index is 12.2. The molecular formula is C14H14N2O3. The zero-order chi connectivity index (χ0) is 13.1. The highest BCUT2D eigenvalue weighted by atomic mass is 16.5. The van der Waals surface area contributed by atoms with E-state index in [4.69, 9.17) is 9.15 Å². The van der Waals surface area contributed by atoms with Gasteiger partial charge in [-0.15, -0.1) is 0 Å². The Hall–Kier alpha value is -2.14. The van der Waals surface area contributed by atoms with Crippen LogP contribution >= 0.6 is 0 Å². The van der Waals surface area contributed by atoms with Gasteiger partial charge in [0.25, 0.3) is 5.91 Å². The summed E-state index contributed by atoms with van der Waals surface area (Å²) in [4.78, 5) is 18.1. The Labute approximate surface area is 110 Å². The molecule has 0 N–H and O–H groups in total. The molecule has 1 aromatic carbocycles. The second-order valence-corrected chi connectivity index (χ2v) is 4.36. The monoisotopic (exact) mass is 258 g/mol. The second-order valence-electron chi connectivity index (χ2n) is 4.36. The molecule has 1 fully saturated rings. The minimum absolute atomic E-state index is 0.0509. The Balaban J connectivity index is 1.76. The Kier molecular flexibility index (Phi) is 3.29. The van der Waals surface area contributed by atoms with Gasteiger partial charge in [-0.1, -0.05) is 12.1 Å². The van der Waals surface area contributed by atoms with Crippen molar-refractivity contribution in [2.45, 2.75) is 0 Å². The van der Waals surface area contributed by atoms with Gasteiger partial charge in [0, 0.05) is 24.2 Å². The van der Waals surface area contributed by atoms with Crippen LogP contribution in [0.15, 0.2) is 41.3 Å². The second kappa shape index (κ2) is 5.24. The van der Waals surface area contributed by atoms with Gasteiger partial charge in [-0.25, -0.2) is 4.98 Å². The Morgan fingerprint density at radius 2 is 1.89 bits per heavy atom. The number of hydrogen-bond acceptors (Lipinski definition) is 4. The van der Waals surface area contributed by atoms with Gasteiger partial charge in [-0.2, -0.15) is 0 Å². The average Bonchev–Trinajstić information content (AvgIpc) is 3.02. The molecule has 1 aliphatic heterocycles. The number of nitrogens with zero attached hydrogens (tertiary/aromatic N) is 2. The van der Waals surface area contributed by atoms with Crippen LogP contribution in [-0.4, -0.2) is 42.1 Å². The smallest absolute Gasteiger partial charge is 0.254 e. The van der Waals surface area contributed by atoms with Gasteiger partial charge in [-0.3, -0.25) is 4.79 Å². The molecule has 5 heteroatoms. The van der Waals surface area contributed by atoms with Gasteiger partial charge in [0.05, 0.1) is 13.2 Å². The van der Waals surface area contributed by atoms with Crippen LogP contribution in [-0.2, 0) is 4.74 Å². The van der Waals surface area contributed by atoms with E-state index in [-0.39, 0.29) is 5.91 Å². The predicted octanol–water partition coefficient (Wildman–Crippen LogP) is 1.81. The first-order valence-corrected chi connectivity index (χ1v) is 6.20. The zero-order valence-electron chi connectivity index (χ0n) is 10.4. The number of ether oxygens (including phenoxy) is 1. The van der Waals surface area contributed by atoms with Crippen molar-refractivity contribution in [3.63, 3.8) is 0 Å². The van der Waals surface area contributed by atoms with Crippen molar-refractivity contribution in [3.8, 4) is 11.3 Å². The van der Waals surface area contributed by atoms with Gasteiger partial charge in [0.1, 0.15) is 12.0 Å². The topological polar surface area (TPSA) is 55.6 Å². The van der Waals surface area contributed by atoms with Crippen LogP contribution in [0.3, 0.4) is 0 Å². The van der Waals surface area contributed by atoms with Crippen molar-refractivity contribution in [2.24, 2.45) is 0 Å². The van der Waals surface area contributed by atoms with Crippen molar-refractivity contribution in [1.29, 1.82) is 0 Å². The molecule has 0 atom stereocenters. The van der Waals surface area contributed by atoms with Gasteiger partial charge in [-0.05, 0) is 12.1 Å². The standard InChI is InChI=1S/C14H14N2O3/c17-14(16-5-7-18-8-6-16)12-3-1-11(2-4-12)13-9-19-10-15-13/h1-4,9-10H,5-8H2. The summed E-state index contributed by atoms with van der Waals surface area (Å²) in [5, 5.41) is 0. The highest BCUT2D eigenvalue weighted by Gasteiger charge is 2.18. The summed E-state index contributed by atoms with van der Waals surface area (Å²) >= 11 is 0. The van der Waals surface area contributed by atoms with E-state index >= 15 is 0 Å². The molecule has 5 nitrogen and oxygen atoms in total. The van der Waals surface area contributed by atoms with Crippen LogP contribution in [0, 0.1) is 0 Å². The maximum Gasteiger partial charge on any atom is 0.254 e. The number of carbonyl (C=O) groups excluding carboxylic acids is 1. The number of morpholine rings is 1. The van der Waals surface area contributed by atoms with Crippen LogP contribution in [0.5, 0.6) is 0 Å². The van der Waals surface area contributed by atoms with E-state index in [1.54, 1.807) is 6.26 Å². The summed E-state index contributed by atoms with van der Waals surface area (Å²) in [7, 11) is 0. The van der Waals surface area contributed by atoms with E-state index in [0.29, 0.717) is 31.9 Å². The molecule has 0 spiro atoms. The van der Waals surface area contributed by atoms with Gasteiger partial charge in [0.2, 0.25) is 0 Å². The van der Waals surface area contributed by atoms with Crippen molar-refractivity contribution in [3.05, 3.63) is 42.5 Å². The van der Waals surface area contributed by atoms with Crippen LogP contribution in [0.25, 0.3) is 11.3 Å². The molecule has 3 rings (SSSR count). The van der Waals surface area contributed by atoms with Gasteiger partial charge >= 0.3 is 0 Å². The number of oxazole rings is 1. The largest absolute Gasteiger partial charge is 0.451 e. The molecule has 0 saturated carbocycles.